The van der Waals surface area contributed by atoms with Crippen LogP contribution in [-0.2, 0) is 6.42 Å². The molecule has 0 aliphatic carbocycles. The van der Waals surface area contributed by atoms with E-state index in [1.807, 2.05) is 6.92 Å². The van der Waals surface area contributed by atoms with Crippen LogP contribution in [0.2, 0.25) is 0 Å². The first-order chi connectivity index (χ1) is 9.99. The lowest BCUT2D eigenvalue weighted by atomic mass is 10.0. The summed E-state index contributed by atoms with van der Waals surface area (Å²) in [5.74, 6) is -1.10. The first-order valence-corrected chi connectivity index (χ1v) is 7.36. The van der Waals surface area contributed by atoms with Crippen LogP contribution in [0.3, 0.4) is 0 Å². The van der Waals surface area contributed by atoms with Crippen LogP contribution in [-0.4, -0.2) is 40.5 Å². The van der Waals surface area contributed by atoms with E-state index in [-0.39, 0.29) is 11.5 Å². The highest BCUT2D eigenvalue weighted by Gasteiger charge is 2.16. The van der Waals surface area contributed by atoms with Crippen LogP contribution < -0.4 is 0 Å². The van der Waals surface area contributed by atoms with Gasteiger partial charge in [0.05, 0.1) is 10.6 Å². The van der Waals surface area contributed by atoms with Crippen LogP contribution in [0.1, 0.15) is 31.4 Å². The van der Waals surface area contributed by atoms with E-state index in [4.69, 9.17) is 5.11 Å². The van der Waals surface area contributed by atoms with E-state index in [1.165, 1.54) is 11.3 Å². The molecule has 0 aliphatic heterocycles. The normalized spacial score (nSPS) is 10.4. The van der Waals surface area contributed by atoms with Crippen molar-refractivity contribution < 1.29 is 14.7 Å². The smallest absolute Gasteiger partial charge is 0.335 e. The Morgan fingerprint density at radius 3 is 2.67 bits per heavy atom. The lowest BCUT2D eigenvalue weighted by Crippen LogP contribution is -2.29. The van der Waals surface area contributed by atoms with E-state index in [0.29, 0.717) is 18.7 Å². The highest BCUT2D eigenvalue weighted by atomic mass is 32.1. The monoisotopic (exact) mass is 304 g/mol. The van der Waals surface area contributed by atoms with Gasteiger partial charge in [-0.1, -0.05) is 18.2 Å². The third-order valence-electron chi connectivity index (χ3n) is 3.15. The van der Waals surface area contributed by atoms with Gasteiger partial charge in [-0.2, -0.15) is 0 Å². The molecule has 1 aromatic heterocycles. The number of thiazole rings is 1. The molecule has 0 fully saturated rings. The molecule has 2 rings (SSSR count). The quantitative estimate of drug-likeness (QED) is 0.921. The third kappa shape index (κ3) is 3.66. The summed E-state index contributed by atoms with van der Waals surface area (Å²) >= 11 is 1.43. The number of aromatic carboxylic acids is 1. The number of aryl methyl sites for hydroxylation is 1. The molecule has 1 N–H and O–H groups in total. The number of likely N-dealkylation sites (N-methyl/N-ethyl adjacent to an activating group) is 1. The zero-order valence-corrected chi connectivity index (χ0v) is 12.7. The molecular weight excluding hydrogens is 288 g/mol. The Morgan fingerprint density at radius 1 is 1.33 bits per heavy atom. The maximum atomic E-state index is 12.2. The molecule has 0 saturated heterocycles. The number of nitrogens with zero attached hydrogens (tertiary/aromatic N) is 2. The van der Waals surface area contributed by atoms with Crippen molar-refractivity contribution >= 4 is 23.2 Å². The highest BCUT2D eigenvalue weighted by Crippen LogP contribution is 2.12. The van der Waals surface area contributed by atoms with Crippen molar-refractivity contribution in [2.75, 3.05) is 13.6 Å². The number of benzene rings is 1. The number of hydrogen-bond acceptors (Lipinski definition) is 4. The summed E-state index contributed by atoms with van der Waals surface area (Å²) in [6, 6.07) is 6.84. The van der Waals surface area contributed by atoms with Crippen LogP contribution in [0.4, 0.5) is 0 Å². The fourth-order valence-electron chi connectivity index (χ4n) is 1.99. The molecule has 1 heterocycles. The molecule has 21 heavy (non-hydrogen) atoms. The van der Waals surface area contributed by atoms with Gasteiger partial charge in [0.2, 0.25) is 0 Å². The summed E-state index contributed by atoms with van der Waals surface area (Å²) in [4.78, 5) is 29.0. The molecule has 0 saturated carbocycles. The highest BCUT2D eigenvalue weighted by molar-refractivity contribution is 7.09. The number of carbonyl (C=O) groups excluding carboxylic acids is 1. The summed E-state index contributed by atoms with van der Waals surface area (Å²) in [6.07, 6.45) is 0.494. The van der Waals surface area contributed by atoms with Crippen molar-refractivity contribution in [3.05, 3.63) is 51.5 Å². The maximum Gasteiger partial charge on any atom is 0.335 e. The van der Waals surface area contributed by atoms with Crippen LogP contribution in [0, 0.1) is 6.92 Å². The number of aromatic nitrogens is 1. The van der Waals surface area contributed by atoms with Gasteiger partial charge >= 0.3 is 5.97 Å². The van der Waals surface area contributed by atoms with Gasteiger partial charge < -0.3 is 10.0 Å². The first-order valence-electron chi connectivity index (χ1n) is 6.48. The van der Waals surface area contributed by atoms with Gasteiger partial charge in [0, 0.05) is 19.0 Å². The van der Waals surface area contributed by atoms with E-state index < -0.39 is 5.97 Å². The van der Waals surface area contributed by atoms with E-state index in [1.54, 1.807) is 41.6 Å². The van der Waals surface area contributed by atoms with Crippen molar-refractivity contribution in [2.45, 2.75) is 13.3 Å². The SMILES string of the molecule is Cc1nc(C(=O)N(C)CCc2ccccc2C(=O)O)cs1. The minimum Gasteiger partial charge on any atom is -0.478 e. The largest absolute Gasteiger partial charge is 0.478 e. The molecule has 0 unspecified atom stereocenters. The number of carboxylic acids is 1. The first kappa shape index (κ1) is 15.2. The number of rotatable bonds is 5. The number of carboxylic acid groups (broad SMARTS) is 1. The van der Waals surface area contributed by atoms with Crippen LogP contribution in [0.15, 0.2) is 29.6 Å². The Morgan fingerprint density at radius 2 is 2.05 bits per heavy atom. The minimum absolute atomic E-state index is 0.146. The van der Waals surface area contributed by atoms with Crippen molar-refractivity contribution in [3.8, 4) is 0 Å². The van der Waals surface area contributed by atoms with Crippen molar-refractivity contribution in [2.24, 2.45) is 0 Å². The Bertz CT molecular complexity index is 666. The van der Waals surface area contributed by atoms with E-state index >= 15 is 0 Å². The van der Waals surface area contributed by atoms with Gasteiger partial charge in [-0.25, -0.2) is 9.78 Å². The predicted octanol–water partition coefficient (Wildman–Crippen LogP) is 2.46. The van der Waals surface area contributed by atoms with Crippen molar-refractivity contribution in [1.29, 1.82) is 0 Å². The van der Waals surface area contributed by atoms with Crippen LogP contribution >= 0.6 is 11.3 Å². The van der Waals surface area contributed by atoms with Gasteiger partial charge in [0.1, 0.15) is 5.69 Å². The molecule has 2 aromatic rings. The summed E-state index contributed by atoms with van der Waals surface area (Å²) in [6.45, 7) is 2.30. The maximum absolute atomic E-state index is 12.2. The molecule has 110 valence electrons. The number of amides is 1. The second-order valence-corrected chi connectivity index (χ2v) is 5.75. The fourth-order valence-corrected chi connectivity index (χ4v) is 2.58. The Hall–Kier alpha value is -2.21. The van der Waals surface area contributed by atoms with E-state index in [2.05, 4.69) is 4.98 Å². The molecule has 5 nitrogen and oxygen atoms in total. The summed E-state index contributed by atoms with van der Waals surface area (Å²) in [5, 5.41) is 11.7. The average molecular weight is 304 g/mol. The molecule has 0 spiro atoms. The van der Waals surface area contributed by atoms with Gasteiger partial charge in [-0.05, 0) is 25.0 Å². The summed E-state index contributed by atoms with van der Waals surface area (Å²) < 4.78 is 0. The molecule has 6 heteroatoms. The second-order valence-electron chi connectivity index (χ2n) is 4.69. The number of hydrogen-bond donors (Lipinski definition) is 1. The van der Waals surface area contributed by atoms with Gasteiger partial charge in [-0.15, -0.1) is 11.3 Å². The topological polar surface area (TPSA) is 70.5 Å². The number of carbonyl (C=O) groups is 2. The summed E-state index contributed by atoms with van der Waals surface area (Å²) in [5.41, 5.74) is 1.44. The van der Waals surface area contributed by atoms with Gasteiger partial charge in [0.15, 0.2) is 0 Å². The average Bonchev–Trinajstić information content (AvgIpc) is 2.90. The van der Waals surface area contributed by atoms with Gasteiger partial charge in [0.25, 0.3) is 5.91 Å². The molecule has 0 bridgehead atoms. The van der Waals surface area contributed by atoms with E-state index in [9.17, 15) is 9.59 Å². The van der Waals surface area contributed by atoms with E-state index in [0.717, 1.165) is 10.6 Å². The Balaban J connectivity index is 2.03. The third-order valence-corrected chi connectivity index (χ3v) is 3.92. The van der Waals surface area contributed by atoms with Gasteiger partial charge in [-0.3, -0.25) is 4.79 Å². The molecular formula is C15H16N2O3S. The summed E-state index contributed by atoms with van der Waals surface area (Å²) in [7, 11) is 1.69. The minimum atomic E-state index is -0.949. The van der Waals surface area contributed by atoms with Crippen molar-refractivity contribution in [1.82, 2.24) is 9.88 Å². The molecule has 0 atom stereocenters. The zero-order valence-electron chi connectivity index (χ0n) is 11.9. The van der Waals surface area contributed by atoms with Crippen LogP contribution in [0.5, 0.6) is 0 Å². The Labute approximate surface area is 126 Å². The predicted molar refractivity (Wildman–Crippen MR) is 80.9 cm³/mol. The second kappa shape index (κ2) is 6.49. The Kier molecular flexibility index (Phi) is 4.70. The zero-order chi connectivity index (χ0) is 15.4. The molecule has 1 aromatic carbocycles. The molecule has 0 aliphatic rings. The fraction of sp³-hybridized carbons (Fsp3) is 0.267. The molecule has 1 amide bonds. The lowest BCUT2D eigenvalue weighted by molar-refractivity contribution is 0.0695. The van der Waals surface area contributed by atoms with Crippen LogP contribution in [0.25, 0.3) is 0 Å². The lowest BCUT2D eigenvalue weighted by Gasteiger charge is -2.16. The van der Waals surface area contributed by atoms with Crippen molar-refractivity contribution in [3.63, 3.8) is 0 Å². The standard InChI is InChI=1S/C15H16N2O3S/c1-10-16-13(9-21-10)14(18)17(2)8-7-11-5-3-4-6-12(11)15(19)20/h3-6,9H,7-8H2,1-2H3,(H,19,20). The molecule has 0 radical (unpaired) electrons.